The predicted octanol–water partition coefficient (Wildman–Crippen LogP) is 2.20. The van der Waals surface area contributed by atoms with E-state index in [0.717, 1.165) is 11.8 Å². The van der Waals surface area contributed by atoms with Gasteiger partial charge in [-0.2, -0.15) is 11.8 Å². The second-order valence-electron chi connectivity index (χ2n) is 4.86. The number of thioether (sulfide) groups is 1. The molecule has 3 heteroatoms. The van der Waals surface area contributed by atoms with Crippen LogP contribution in [0.25, 0.3) is 0 Å². The molecule has 0 aromatic heterocycles. The fourth-order valence-corrected chi connectivity index (χ4v) is 3.33. The van der Waals surface area contributed by atoms with Crippen molar-refractivity contribution in [2.24, 2.45) is 0 Å². The highest BCUT2D eigenvalue weighted by Gasteiger charge is 2.15. The van der Waals surface area contributed by atoms with Crippen LogP contribution in [0.5, 0.6) is 0 Å². The van der Waals surface area contributed by atoms with E-state index in [1.807, 2.05) is 0 Å². The average molecular weight is 230 g/mol. The van der Waals surface area contributed by atoms with Crippen LogP contribution in [-0.4, -0.2) is 48.6 Å². The first-order valence-electron chi connectivity index (χ1n) is 6.22. The molecule has 0 radical (unpaired) electrons. The Morgan fingerprint density at radius 1 is 1.40 bits per heavy atom. The zero-order chi connectivity index (χ0) is 11.1. The van der Waals surface area contributed by atoms with Crippen LogP contribution in [0, 0.1) is 0 Å². The second kappa shape index (κ2) is 7.53. The van der Waals surface area contributed by atoms with Gasteiger partial charge in [-0.15, -0.1) is 0 Å². The summed E-state index contributed by atoms with van der Waals surface area (Å²) in [5.74, 6) is 1.38. The molecule has 0 aliphatic carbocycles. The maximum atomic E-state index is 3.47. The molecule has 0 aromatic carbocycles. The van der Waals surface area contributed by atoms with Gasteiger partial charge in [-0.3, -0.25) is 0 Å². The topological polar surface area (TPSA) is 15.3 Å². The van der Waals surface area contributed by atoms with Crippen LogP contribution >= 0.6 is 11.8 Å². The van der Waals surface area contributed by atoms with Crippen molar-refractivity contribution in [3.63, 3.8) is 0 Å². The minimum Gasteiger partial charge on any atom is -0.313 e. The summed E-state index contributed by atoms with van der Waals surface area (Å²) in [5, 5.41) is 4.36. The van der Waals surface area contributed by atoms with Crippen molar-refractivity contribution in [2.75, 3.05) is 32.4 Å². The molecule has 1 aliphatic heterocycles. The SMILES string of the molecule is CC(C)NCCN(C)CC1CCCCS1. The van der Waals surface area contributed by atoms with Gasteiger partial charge in [0.1, 0.15) is 0 Å². The van der Waals surface area contributed by atoms with Gasteiger partial charge in [0.05, 0.1) is 0 Å². The van der Waals surface area contributed by atoms with E-state index in [-0.39, 0.29) is 0 Å². The summed E-state index contributed by atoms with van der Waals surface area (Å²) in [6.45, 7) is 7.97. The van der Waals surface area contributed by atoms with Crippen LogP contribution in [0.2, 0.25) is 0 Å². The molecule has 1 fully saturated rings. The Morgan fingerprint density at radius 3 is 2.80 bits per heavy atom. The van der Waals surface area contributed by atoms with E-state index < -0.39 is 0 Å². The highest BCUT2D eigenvalue weighted by atomic mass is 32.2. The Balaban J connectivity index is 2.03. The summed E-state index contributed by atoms with van der Waals surface area (Å²) < 4.78 is 0. The van der Waals surface area contributed by atoms with Crippen molar-refractivity contribution >= 4 is 11.8 Å². The first kappa shape index (κ1) is 13.3. The van der Waals surface area contributed by atoms with Crippen LogP contribution in [0.3, 0.4) is 0 Å². The fourth-order valence-electron chi connectivity index (χ4n) is 1.93. The number of likely N-dealkylation sites (N-methyl/N-ethyl adjacent to an activating group) is 1. The third-order valence-electron chi connectivity index (χ3n) is 2.84. The van der Waals surface area contributed by atoms with Crippen molar-refractivity contribution in [2.45, 2.75) is 44.4 Å². The molecular formula is C12H26N2S. The third kappa shape index (κ3) is 6.44. The van der Waals surface area contributed by atoms with E-state index in [0.29, 0.717) is 6.04 Å². The quantitative estimate of drug-likeness (QED) is 0.753. The lowest BCUT2D eigenvalue weighted by atomic mass is 10.2. The summed E-state index contributed by atoms with van der Waals surface area (Å²) in [7, 11) is 2.25. The molecule has 0 saturated carbocycles. The van der Waals surface area contributed by atoms with E-state index in [9.17, 15) is 0 Å². The van der Waals surface area contributed by atoms with Crippen molar-refractivity contribution in [1.82, 2.24) is 10.2 Å². The van der Waals surface area contributed by atoms with Crippen LogP contribution in [0.1, 0.15) is 33.1 Å². The summed E-state index contributed by atoms with van der Waals surface area (Å²) in [5.41, 5.74) is 0. The van der Waals surface area contributed by atoms with Gasteiger partial charge in [0.2, 0.25) is 0 Å². The van der Waals surface area contributed by atoms with E-state index in [1.54, 1.807) is 0 Å². The molecule has 1 N–H and O–H groups in total. The second-order valence-corrected chi connectivity index (χ2v) is 6.27. The molecule has 1 rings (SSSR count). The van der Waals surface area contributed by atoms with E-state index in [4.69, 9.17) is 0 Å². The van der Waals surface area contributed by atoms with Crippen molar-refractivity contribution in [3.05, 3.63) is 0 Å². The van der Waals surface area contributed by atoms with Gasteiger partial charge in [0.15, 0.2) is 0 Å². The zero-order valence-electron chi connectivity index (χ0n) is 10.5. The predicted molar refractivity (Wildman–Crippen MR) is 70.7 cm³/mol. The maximum absolute atomic E-state index is 3.47. The molecule has 1 aliphatic rings. The van der Waals surface area contributed by atoms with Gasteiger partial charge in [-0.1, -0.05) is 20.3 Å². The van der Waals surface area contributed by atoms with Gasteiger partial charge in [-0.25, -0.2) is 0 Å². The molecule has 1 atom stereocenters. The van der Waals surface area contributed by atoms with Gasteiger partial charge in [-0.05, 0) is 25.6 Å². The standard InChI is InChI=1S/C12H26N2S/c1-11(2)13-7-8-14(3)10-12-6-4-5-9-15-12/h11-13H,4-10H2,1-3H3. The lowest BCUT2D eigenvalue weighted by Crippen LogP contribution is -2.36. The average Bonchev–Trinajstić information content (AvgIpc) is 2.18. The first-order chi connectivity index (χ1) is 7.18. The highest BCUT2D eigenvalue weighted by Crippen LogP contribution is 2.25. The third-order valence-corrected chi connectivity index (χ3v) is 4.22. The summed E-state index contributed by atoms with van der Waals surface area (Å²) in [6.07, 6.45) is 4.29. The molecule has 1 unspecified atom stereocenters. The molecule has 1 heterocycles. The Labute approximate surface area is 99.2 Å². The number of rotatable bonds is 6. The van der Waals surface area contributed by atoms with E-state index >= 15 is 0 Å². The van der Waals surface area contributed by atoms with Crippen LogP contribution in [-0.2, 0) is 0 Å². The minimum absolute atomic E-state index is 0.613. The number of nitrogens with one attached hydrogen (secondary N) is 1. The lowest BCUT2D eigenvalue weighted by Gasteiger charge is -2.26. The van der Waals surface area contributed by atoms with Crippen LogP contribution < -0.4 is 5.32 Å². The number of hydrogen-bond donors (Lipinski definition) is 1. The molecule has 0 aromatic rings. The Bertz CT molecular complexity index is 156. The van der Waals surface area contributed by atoms with Gasteiger partial charge in [0.25, 0.3) is 0 Å². The zero-order valence-corrected chi connectivity index (χ0v) is 11.3. The van der Waals surface area contributed by atoms with Gasteiger partial charge >= 0.3 is 0 Å². The lowest BCUT2D eigenvalue weighted by molar-refractivity contribution is 0.321. The molecule has 0 bridgehead atoms. The van der Waals surface area contributed by atoms with Crippen molar-refractivity contribution < 1.29 is 0 Å². The van der Waals surface area contributed by atoms with E-state index in [1.165, 1.54) is 38.1 Å². The molecule has 1 saturated heterocycles. The summed E-state index contributed by atoms with van der Waals surface area (Å²) in [6, 6.07) is 0.613. The van der Waals surface area contributed by atoms with Crippen molar-refractivity contribution in [3.8, 4) is 0 Å². The van der Waals surface area contributed by atoms with E-state index in [2.05, 4.69) is 42.9 Å². The van der Waals surface area contributed by atoms with Crippen molar-refractivity contribution in [1.29, 1.82) is 0 Å². The molecule has 15 heavy (non-hydrogen) atoms. The number of hydrogen-bond acceptors (Lipinski definition) is 3. The Hall–Kier alpha value is 0.270. The van der Waals surface area contributed by atoms with Gasteiger partial charge < -0.3 is 10.2 Å². The molecule has 2 nitrogen and oxygen atoms in total. The molecule has 0 amide bonds. The monoisotopic (exact) mass is 230 g/mol. The Morgan fingerprint density at radius 2 is 2.20 bits per heavy atom. The molecule has 90 valence electrons. The summed E-state index contributed by atoms with van der Waals surface area (Å²) in [4.78, 5) is 2.47. The molecule has 0 spiro atoms. The van der Waals surface area contributed by atoms with Crippen LogP contribution in [0.4, 0.5) is 0 Å². The Kier molecular flexibility index (Phi) is 6.69. The normalized spacial score (nSPS) is 22.6. The minimum atomic E-state index is 0.613. The molecular weight excluding hydrogens is 204 g/mol. The number of nitrogens with zero attached hydrogens (tertiary/aromatic N) is 1. The smallest absolute Gasteiger partial charge is 0.0174 e. The first-order valence-corrected chi connectivity index (χ1v) is 7.27. The maximum Gasteiger partial charge on any atom is 0.0174 e. The van der Waals surface area contributed by atoms with Crippen LogP contribution in [0.15, 0.2) is 0 Å². The fraction of sp³-hybridized carbons (Fsp3) is 1.00. The largest absolute Gasteiger partial charge is 0.313 e. The summed E-state index contributed by atoms with van der Waals surface area (Å²) >= 11 is 2.17. The van der Waals surface area contributed by atoms with Gasteiger partial charge in [0, 0.05) is 30.9 Å². The highest BCUT2D eigenvalue weighted by molar-refractivity contribution is 7.99.